The minimum Gasteiger partial charge on any atom is -0.493 e. The minimum absolute atomic E-state index is 0.0393. The summed E-state index contributed by atoms with van der Waals surface area (Å²) in [6.45, 7) is 4.60. The first-order valence-electron chi connectivity index (χ1n) is 15.1. The number of hydrogen-bond acceptors (Lipinski definition) is 9. The van der Waals surface area contributed by atoms with Crippen LogP contribution in [0.2, 0.25) is 0 Å². The molecule has 3 aromatic rings. The minimum atomic E-state index is -1.05. The van der Waals surface area contributed by atoms with Gasteiger partial charge in [-0.25, -0.2) is 14.5 Å². The number of hydrogen-bond donors (Lipinski definition) is 1. The van der Waals surface area contributed by atoms with Crippen molar-refractivity contribution in [2.45, 2.75) is 63.7 Å². The Balaban J connectivity index is 1.44. The number of aromatic carboxylic acids is 1. The fourth-order valence-electron chi connectivity index (χ4n) is 6.25. The summed E-state index contributed by atoms with van der Waals surface area (Å²) < 4.78 is 30.8. The third-order valence-corrected chi connectivity index (χ3v) is 9.58. The van der Waals surface area contributed by atoms with Crippen LogP contribution in [0.25, 0.3) is 10.1 Å². The highest BCUT2D eigenvalue weighted by Crippen LogP contribution is 2.43. The van der Waals surface area contributed by atoms with Gasteiger partial charge in [-0.2, -0.15) is 0 Å². The average molecular weight is 637 g/mol. The highest BCUT2D eigenvalue weighted by atomic mass is 32.1. The molecule has 2 aromatic carbocycles. The summed E-state index contributed by atoms with van der Waals surface area (Å²) in [5.74, 6) is -0.813. The van der Waals surface area contributed by atoms with Gasteiger partial charge in [0.05, 0.1) is 24.4 Å². The number of thiophene rings is 1. The number of rotatable bonds is 9. The van der Waals surface area contributed by atoms with Gasteiger partial charge in [-0.15, -0.1) is 11.3 Å². The molecule has 3 aliphatic rings. The number of piperidine rings is 1. The van der Waals surface area contributed by atoms with E-state index >= 15 is 0 Å². The lowest BCUT2D eigenvalue weighted by molar-refractivity contribution is -0.198. The van der Waals surface area contributed by atoms with Crippen LogP contribution < -0.4 is 14.4 Å². The van der Waals surface area contributed by atoms with Crippen molar-refractivity contribution in [1.82, 2.24) is 4.90 Å². The summed E-state index contributed by atoms with van der Waals surface area (Å²) in [6.07, 6.45) is 4.17. The maximum absolute atomic E-state index is 14.2. The Morgan fingerprint density at radius 1 is 1.13 bits per heavy atom. The van der Waals surface area contributed by atoms with Crippen molar-refractivity contribution in [3.8, 4) is 11.5 Å². The summed E-state index contributed by atoms with van der Waals surface area (Å²) in [7, 11) is 1.46. The summed E-state index contributed by atoms with van der Waals surface area (Å²) in [4.78, 5) is 43.5. The molecular weight excluding hydrogens is 600 g/mol. The van der Waals surface area contributed by atoms with Crippen LogP contribution in [-0.2, 0) is 20.8 Å². The van der Waals surface area contributed by atoms with Gasteiger partial charge in [-0.1, -0.05) is 30.9 Å². The number of nitrogens with zero attached hydrogens (tertiary/aromatic N) is 2. The molecule has 2 amide bonds. The van der Waals surface area contributed by atoms with E-state index in [1.165, 1.54) is 29.4 Å². The molecule has 6 rings (SSSR count). The van der Waals surface area contributed by atoms with Crippen molar-refractivity contribution in [2.24, 2.45) is 0 Å². The van der Waals surface area contributed by atoms with Gasteiger partial charge in [0.2, 0.25) is 0 Å². The Kier molecular flexibility index (Phi) is 9.24. The lowest BCUT2D eigenvalue weighted by atomic mass is 10.00. The smallest absolute Gasteiger partial charge is 0.416 e. The van der Waals surface area contributed by atoms with Gasteiger partial charge in [-0.3, -0.25) is 4.79 Å². The number of carbonyl (C=O) groups is 3. The first kappa shape index (κ1) is 30.9. The standard InChI is InChI=1S/C33H36N2O9S/c1-3-15-42-33(39)35-24-18-26(43-19-22-20-10-4-5-12-27(20)45-29(22)32(37)38)25(40-2)17-21(24)30(36)34-14-8-6-11-23(34)31(35)44-28-13-7-9-16-41-28/h3-5,10,12,17-18,23,28,31H,1,6-9,11,13-16,19H2,2H3,(H,37,38)/t23-,28?,31?/m0/s1. The Bertz CT molecular complexity index is 1600. The second-order valence-corrected chi connectivity index (χ2v) is 12.2. The van der Waals surface area contributed by atoms with Gasteiger partial charge in [0, 0.05) is 29.5 Å². The topological polar surface area (TPSA) is 124 Å². The normalized spacial score (nSPS) is 21.4. The fourth-order valence-corrected chi connectivity index (χ4v) is 7.30. The van der Waals surface area contributed by atoms with Crippen LogP contribution in [0.15, 0.2) is 49.1 Å². The van der Waals surface area contributed by atoms with Crippen molar-refractivity contribution in [3.63, 3.8) is 0 Å². The molecule has 11 nitrogen and oxygen atoms in total. The van der Waals surface area contributed by atoms with Crippen LogP contribution in [0.3, 0.4) is 0 Å². The van der Waals surface area contributed by atoms with E-state index in [2.05, 4.69) is 6.58 Å². The second-order valence-electron chi connectivity index (χ2n) is 11.1. The molecule has 238 valence electrons. The number of anilines is 1. The molecule has 3 aliphatic heterocycles. The zero-order valence-electron chi connectivity index (χ0n) is 25.1. The van der Waals surface area contributed by atoms with E-state index in [0.29, 0.717) is 31.6 Å². The molecule has 45 heavy (non-hydrogen) atoms. The number of carbonyl (C=O) groups excluding carboxylic acids is 2. The van der Waals surface area contributed by atoms with Crippen molar-refractivity contribution < 1.29 is 43.2 Å². The molecule has 2 unspecified atom stereocenters. The monoisotopic (exact) mass is 636 g/mol. The summed E-state index contributed by atoms with van der Waals surface area (Å²) in [5, 5.41) is 10.7. The highest BCUT2D eigenvalue weighted by Gasteiger charge is 2.47. The van der Waals surface area contributed by atoms with Crippen LogP contribution >= 0.6 is 11.3 Å². The van der Waals surface area contributed by atoms with E-state index in [1.807, 2.05) is 24.3 Å². The average Bonchev–Trinajstić information content (AvgIpc) is 3.41. The predicted octanol–water partition coefficient (Wildman–Crippen LogP) is 6.19. The SMILES string of the molecule is C=CCOC(=O)N1c2cc(OCc3c(C(=O)O)sc4ccccc34)c(OC)cc2C(=O)N2CCCC[C@H]2C1OC1CCCCO1. The molecular formula is C33H36N2O9S. The number of carboxylic acid groups (broad SMARTS) is 1. The number of fused-ring (bicyclic) bond motifs is 3. The Morgan fingerprint density at radius 3 is 2.71 bits per heavy atom. The molecule has 2 saturated heterocycles. The lowest BCUT2D eigenvalue weighted by Gasteiger charge is -2.42. The summed E-state index contributed by atoms with van der Waals surface area (Å²) >= 11 is 1.18. The molecule has 0 aliphatic carbocycles. The van der Waals surface area contributed by atoms with Gasteiger partial charge in [-0.05, 0) is 56.0 Å². The molecule has 12 heteroatoms. The van der Waals surface area contributed by atoms with Crippen LogP contribution in [0.1, 0.15) is 64.1 Å². The number of ether oxygens (including phenoxy) is 5. The van der Waals surface area contributed by atoms with Gasteiger partial charge >= 0.3 is 12.1 Å². The highest BCUT2D eigenvalue weighted by molar-refractivity contribution is 7.21. The van der Waals surface area contributed by atoms with E-state index in [0.717, 1.165) is 35.8 Å². The first-order chi connectivity index (χ1) is 21.9. The van der Waals surface area contributed by atoms with Crippen molar-refractivity contribution >= 4 is 45.1 Å². The summed E-state index contributed by atoms with van der Waals surface area (Å²) in [6, 6.07) is 10.1. The molecule has 0 bridgehead atoms. The van der Waals surface area contributed by atoms with E-state index in [-0.39, 0.29) is 46.7 Å². The van der Waals surface area contributed by atoms with Crippen molar-refractivity contribution in [3.05, 3.63) is 65.1 Å². The Hall–Kier alpha value is -4.13. The van der Waals surface area contributed by atoms with Gasteiger partial charge in [0.1, 0.15) is 18.1 Å². The quantitative estimate of drug-likeness (QED) is 0.274. The number of methoxy groups -OCH3 is 1. The van der Waals surface area contributed by atoms with Gasteiger partial charge < -0.3 is 33.7 Å². The third kappa shape index (κ3) is 6.09. The molecule has 0 saturated carbocycles. The second kappa shape index (κ2) is 13.5. The first-order valence-corrected chi connectivity index (χ1v) is 16.0. The molecule has 4 heterocycles. The van der Waals surface area contributed by atoms with Crippen LogP contribution in [0.4, 0.5) is 10.5 Å². The zero-order valence-corrected chi connectivity index (χ0v) is 25.9. The van der Waals surface area contributed by atoms with Crippen molar-refractivity contribution in [2.75, 3.05) is 31.8 Å². The molecule has 1 aromatic heterocycles. The predicted molar refractivity (Wildman–Crippen MR) is 167 cm³/mol. The Labute approximate surface area is 264 Å². The molecule has 0 spiro atoms. The van der Waals surface area contributed by atoms with Crippen LogP contribution in [-0.4, -0.2) is 73.4 Å². The van der Waals surface area contributed by atoms with Crippen molar-refractivity contribution in [1.29, 1.82) is 0 Å². The van der Waals surface area contributed by atoms with Gasteiger partial charge in [0.15, 0.2) is 24.0 Å². The fraction of sp³-hybridized carbons (Fsp3) is 0.424. The van der Waals surface area contributed by atoms with Crippen LogP contribution in [0.5, 0.6) is 11.5 Å². The van der Waals surface area contributed by atoms with E-state index in [4.69, 9.17) is 23.7 Å². The number of benzene rings is 2. The third-order valence-electron chi connectivity index (χ3n) is 8.38. The van der Waals surface area contributed by atoms with E-state index in [1.54, 1.807) is 17.0 Å². The summed E-state index contributed by atoms with van der Waals surface area (Å²) in [5.41, 5.74) is 1.00. The lowest BCUT2D eigenvalue weighted by Crippen LogP contribution is -2.57. The molecule has 1 N–H and O–H groups in total. The molecule has 0 radical (unpaired) electrons. The maximum Gasteiger partial charge on any atom is 0.416 e. The van der Waals surface area contributed by atoms with E-state index in [9.17, 15) is 19.5 Å². The largest absolute Gasteiger partial charge is 0.493 e. The number of carboxylic acids is 1. The molecule has 3 atom stereocenters. The maximum atomic E-state index is 14.2. The zero-order chi connectivity index (χ0) is 31.5. The van der Waals surface area contributed by atoms with Gasteiger partial charge in [0.25, 0.3) is 5.91 Å². The van der Waals surface area contributed by atoms with Crippen LogP contribution in [0, 0.1) is 0 Å². The molecule has 2 fully saturated rings. The van der Waals surface area contributed by atoms with E-state index < -0.39 is 30.6 Å². The Morgan fingerprint density at radius 2 is 1.96 bits per heavy atom. The number of amides is 2.